The Balaban J connectivity index is 2.05. The number of thiazole rings is 1. The first-order valence-electron chi connectivity index (χ1n) is 5.60. The second kappa shape index (κ2) is 5.60. The first-order chi connectivity index (χ1) is 8.22. The number of thioether (sulfide) groups is 1. The van der Waals surface area contributed by atoms with Crippen molar-refractivity contribution in [2.75, 3.05) is 23.9 Å². The molecule has 0 aliphatic heterocycles. The molecule has 0 saturated heterocycles. The molecule has 0 radical (unpaired) electrons. The molecule has 0 saturated carbocycles. The SMILES string of the molecule is CSC(C)CCNc1ccc2scnc2c1N. The number of hydrogen-bond donors (Lipinski definition) is 2. The van der Waals surface area contributed by atoms with Crippen molar-refractivity contribution in [1.82, 2.24) is 4.98 Å². The van der Waals surface area contributed by atoms with E-state index in [1.54, 1.807) is 11.3 Å². The summed E-state index contributed by atoms with van der Waals surface area (Å²) >= 11 is 3.51. The molecule has 2 aromatic rings. The first kappa shape index (κ1) is 12.5. The number of aromatic nitrogens is 1. The topological polar surface area (TPSA) is 50.9 Å². The molecule has 1 unspecified atom stereocenters. The lowest BCUT2D eigenvalue weighted by Crippen LogP contribution is -2.09. The third-order valence-corrected chi connectivity index (χ3v) is 4.64. The van der Waals surface area contributed by atoms with E-state index < -0.39 is 0 Å². The number of nitrogens with two attached hydrogens (primary N) is 1. The van der Waals surface area contributed by atoms with Gasteiger partial charge in [-0.15, -0.1) is 11.3 Å². The number of benzene rings is 1. The van der Waals surface area contributed by atoms with E-state index in [-0.39, 0.29) is 0 Å². The fourth-order valence-corrected chi connectivity index (χ4v) is 2.68. The summed E-state index contributed by atoms with van der Waals surface area (Å²) in [7, 11) is 0. The molecule has 1 atom stereocenters. The Morgan fingerprint density at radius 3 is 3.12 bits per heavy atom. The van der Waals surface area contributed by atoms with Gasteiger partial charge in [0, 0.05) is 11.8 Å². The minimum Gasteiger partial charge on any atom is -0.395 e. The monoisotopic (exact) mass is 267 g/mol. The summed E-state index contributed by atoms with van der Waals surface area (Å²) in [6.07, 6.45) is 3.27. The van der Waals surface area contributed by atoms with Crippen LogP contribution in [0.15, 0.2) is 17.6 Å². The Hall–Kier alpha value is -0.940. The highest BCUT2D eigenvalue weighted by molar-refractivity contribution is 7.99. The van der Waals surface area contributed by atoms with Gasteiger partial charge in [0.05, 0.1) is 21.6 Å². The summed E-state index contributed by atoms with van der Waals surface area (Å²) in [4.78, 5) is 4.29. The zero-order valence-corrected chi connectivity index (χ0v) is 11.7. The number of fused-ring (bicyclic) bond motifs is 1. The van der Waals surface area contributed by atoms with Crippen molar-refractivity contribution in [2.45, 2.75) is 18.6 Å². The van der Waals surface area contributed by atoms with E-state index in [4.69, 9.17) is 5.73 Å². The predicted octanol–water partition coefficient (Wildman–Crippen LogP) is 3.43. The summed E-state index contributed by atoms with van der Waals surface area (Å²) in [6.45, 7) is 3.18. The maximum atomic E-state index is 6.09. The van der Waals surface area contributed by atoms with Crippen LogP contribution in [0.2, 0.25) is 0 Å². The molecule has 0 aliphatic carbocycles. The molecule has 0 amide bonds. The van der Waals surface area contributed by atoms with Gasteiger partial charge < -0.3 is 11.1 Å². The maximum Gasteiger partial charge on any atom is 0.106 e. The molecular weight excluding hydrogens is 250 g/mol. The number of nitrogen functional groups attached to an aromatic ring is 1. The fourth-order valence-electron chi connectivity index (χ4n) is 1.63. The van der Waals surface area contributed by atoms with Crippen LogP contribution in [-0.4, -0.2) is 23.0 Å². The highest BCUT2D eigenvalue weighted by Crippen LogP contribution is 2.29. The molecule has 0 fully saturated rings. The van der Waals surface area contributed by atoms with Gasteiger partial charge in [0.1, 0.15) is 5.52 Å². The van der Waals surface area contributed by atoms with Gasteiger partial charge in [0.15, 0.2) is 0 Å². The van der Waals surface area contributed by atoms with Crippen molar-refractivity contribution >= 4 is 44.7 Å². The Kier molecular flexibility index (Phi) is 4.12. The smallest absolute Gasteiger partial charge is 0.106 e. The van der Waals surface area contributed by atoms with Gasteiger partial charge in [-0.2, -0.15) is 11.8 Å². The van der Waals surface area contributed by atoms with Crippen molar-refractivity contribution in [3.63, 3.8) is 0 Å². The van der Waals surface area contributed by atoms with Crippen LogP contribution in [0.5, 0.6) is 0 Å². The molecule has 5 heteroatoms. The van der Waals surface area contributed by atoms with Gasteiger partial charge in [0.2, 0.25) is 0 Å². The Bertz CT molecular complexity index is 495. The molecule has 17 heavy (non-hydrogen) atoms. The molecule has 0 aliphatic rings. The third-order valence-electron chi connectivity index (χ3n) is 2.81. The molecule has 1 aromatic carbocycles. The lowest BCUT2D eigenvalue weighted by molar-refractivity contribution is 0.854. The van der Waals surface area contributed by atoms with Crippen LogP contribution in [0.3, 0.4) is 0 Å². The van der Waals surface area contributed by atoms with E-state index in [0.717, 1.165) is 34.6 Å². The van der Waals surface area contributed by atoms with E-state index in [2.05, 4.69) is 29.5 Å². The molecule has 2 rings (SSSR count). The second-order valence-electron chi connectivity index (χ2n) is 3.99. The maximum absolute atomic E-state index is 6.09. The summed E-state index contributed by atoms with van der Waals surface area (Å²) < 4.78 is 1.14. The molecule has 3 N–H and O–H groups in total. The molecule has 3 nitrogen and oxygen atoms in total. The lowest BCUT2D eigenvalue weighted by atomic mass is 10.2. The summed E-state index contributed by atoms with van der Waals surface area (Å²) in [5.41, 5.74) is 10.6. The van der Waals surface area contributed by atoms with E-state index in [1.165, 1.54) is 0 Å². The average Bonchev–Trinajstić information content (AvgIpc) is 2.81. The zero-order valence-electron chi connectivity index (χ0n) is 10.1. The molecular formula is C12H17N3S2. The zero-order chi connectivity index (χ0) is 12.3. The lowest BCUT2D eigenvalue weighted by Gasteiger charge is -2.12. The van der Waals surface area contributed by atoms with E-state index in [1.807, 2.05) is 23.3 Å². The standard InChI is InChI=1S/C12H17N3S2/c1-8(16-2)5-6-14-9-3-4-10-12(11(9)13)15-7-17-10/h3-4,7-8,14H,5-6,13H2,1-2H3. The van der Waals surface area contributed by atoms with Gasteiger partial charge in [-0.05, 0) is 24.8 Å². The number of rotatable bonds is 5. The van der Waals surface area contributed by atoms with Crippen LogP contribution in [0.1, 0.15) is 13.3 Å². The van der Waals surface area contributed by atoms with E-state index in [0.29, 0.717) is 5.25 Å². The third kappa shape index (κ3) is 2.84. The van der Waals surface area contributed by atoms with Crippen LogP contribution in [0.4, 0.5) is 11.4 Å². The second-order valence-corrected chi connectivity index (χ2v) is 6.15. The highest BCUT2D eigenvalue weighted by Gasteiger charge is 2.06. The summed E-state index contributed by atoms with van der Waals surface area (Å²) in [5.74, 6) is 0. The van der Waals surface area contributed by atoms with Crippen LogP contribution < -0.4 is 11.1 Å². The average molecular weight is 267 g/mol. The van der Waals surface area contributed by atoms with Gasteiger partial charge in [-0.3, -0.25) is 0 Å². The van der Waals surface area contributed by atoms with Crippen molar-refractivity contribution < 1.29 is 0 Å². The van der Waals surface area contributed by atoms with Gasteiger partial charge >= 0.3 is 0 Å². The highest BCUT2D eigenvalue weighted by atomic mass is 32.2. The first-order valence-corrected chi connectivity index (χ1v) is 7.77. The Morgan fingerprint density at radius 2 is 2.35 bits per heavy atom. The van der Waals surface area contributed by atoms with E-state index in [9.17, 15) is 0 Å². The minimum atomic E-state index is 0.673. The van der Waals surface area contributed by atoms with Crippen molar-refractivity contribution in [2.24, 2.45) is 0 Å². The fraction of sp³-hybridized carbons (Fsp3) is 0.417. The molecule has 92 valence electrons. The summed E-state index contributed by atoms with van der Waals surface area (Å²) in [6, 6.07) is 4.11. The van der Waals surface area contributed by atoms with E-state index >= 15 is 0 Å². The Labute approximate surface area is 110 Å². The van der Waals surface area contributed by atoms with Crippen LogP contribution in [-0.2, 0) is 0 Å². The van der Waals surface area contributed by atoms with Crippen molar-refractivity contribution in [3.05, 3.63) is 17.6 Å². The molecule has 0 spiro atoms. The van der Waals surface area contributed by atoms with Crippen molar-refractivity contribution in [3.8, 4) is 0 Å². The van der Waals surface area contributed by atoms with Crippen LogP contribution >= 0.6 is 23.1 Å². The minimum absolute atomic E-state index is 0.673. The number of hydrogen-bond acceptors (Lipinski definition) is 5. The van der Waals surface area contributed by atoms with Crippen molar-refractivity contribution in [1.29, 1.82) is 0 Å². The number of anilines is 2. The van der Waals surface area contributed by atoms with Gasteiger partial charge in [-0.25, -0.2) is 4.98 Å². The van der Waals surface area contributed by atoms with Crippen LogP contribution in [0, 0.1) is 0 Å². The summed E-state index contributed by atoms with van der Waals surface area (Å²) in [5, 5.41) is 4.06. The largest absolute Gasteiger partial charge is 0.395 e. The normalized spacial score (nSPS) is 12.8. The van der Waals surface area contributed by atoms with Gasteiger partial charge in [-0.1, -0.05) is 6.92 Å². The predicted molar refractivity (Wildman–Crippen MR) is 80.1 cm³/mol. The number of nitrogens with zero attached hydrogens (tertiary/aromatic N) is 1. The quantitative estimate of drug-likeness (QED) is 0.815. The molecule has 1 heterocycles. The molecule has 0 bridgehead atoms. The Morgan fingerprint density at radius 1 is 1.53 bits per heavy atom. The van der Waals surface area contributed by atoms with Crippen LogP contribution in [0.25, 0.3) is 10.2 Å². The number of nitrogens with one attached hydrogen (secondary N) is 1. The molecule has 1 aromatic heterocycles. The van der Waals surface area contributed by atoms with Gasteiger partial charge in [0.25, 0.3) is 0 Å².